The molecule has 364 valence electrons. The van der Waals surface area contributed by atoms with Crippen molar-refractivity contribution in [3.63, 3.8) is 0 Å². The zero-order valence-corrected chi connectivity index (χ0v) is 36.8. The van der Waals surface area contributed by atoms with E-state index in [4.69, 9.17) is 33.2 Å². The summed E-state index contributed by atoms with van der Waals surface area (Å²) in [6, 6.07) is 0. The van der Waals surface area contributed by atoms with E-state index in [0.717, 1.165) is 32.1 Å². The first kappa shape index (κ1) is 48.7. The maximum absolute atomic E-state index is 12.0. The van der Waals surface area contributed by atoms with Crippen molar-refractivity contribution in [2.45, 2.75) is 196 Å². The number of aliphatic hydroxyl groups is 12. The monoisotopic (exact) mass is 906 g/mol. The maximum Gasteiger partial charge on any atom is 0.187 e. The number of aliphatic hydroxyl groups excluding tert-OH is 11. The van der Waals surface area contributed by atoms with Gasteiger partial charge in [-0.1, -0.05) is 27.7 Å². The van der Waals surface area contributed by atoms with Crippen molar-refractivity contribution >= 4 is 0 Å². The smallest absolute Gasteiger partial charge is 0.187 e. The van der Waals surface area contributed by atoms with E-state index in [1.807, 2.05) is 6.92 Å². The molecule has 0 aromatic rings. The van der Waals surface area contributed by atoms with Crippen LogP contribution in [0.1, 0.15) is 85.5 Å². The molecule has 0 spiro atoms. The molecule has 4 aliphatic heterocycles. The van der Waals surface area contributed by atoms with E-state index in [9.17, 15) is 61.3 Å². The fourth-order valence-corrected chi connectivity index (χ4v) is 13.9. The third-order valence-corrected chi connectivity index (χ3v) is 17.6. The van der Waals surface area contributed by atoms with Crippen molar-refractivity contribution in [1.82, 2.24) is 0 Å². The molecule has 8 fully saturated rings. The first-order valence-corrected chi connectivity index (χ1v) is 23.4. The van der Waals surface area contributed by atoms with Crippen LogP contribution in [0.2, 0.25) is 0 Å². The van der Waals surface area contributed by atoms with Crippen LogP contribution in [0.5, 0.6) is 0 Å². The van der Waals surface area contributed by atoms with Crippen LogP contribution in [0, 0.1) is 52.3 Å². The predicted molar refractivity (Wildman–Crippen MR) is 214 cm³/mol. The lowest BCUT2D eigenvalue weighted by Crippen LogP contribution is -2.64. The highest BCUT2D eigenvalue weighted by Gasteiger charge is 2.69. The van der Waals surface area contributed by atoms with Crippen molar-refractivity contribution in [3.05, 3.63) is 0 Å². The van der Waals surface area contributed by atoms with Gasteiger partial charge in [-0.05, 0) is 97.7 Å². The summed E-state index contributed by atoms with van der Waals surface area (Å²) in [5.41, 5.74) is -0.257. The van der Waals surface area contributed by atoms with Crippen LogP contribution < -0.4 is 0 Å². The number of ether oxygens (including phenoxy) is 7. The molecule has 4 heterocycles. The Morgan fingerprint density at radius 1 is 0.698 bits per heavy atom. The zero-order valence-electron chi connectivity index (χ0n) is 36.8. The molecular weight excluding hydrogens is 832 g/mol. The van der Waals surface area contributed by atoms with Crippen LogP contribution >= 0.6 is 0 Å². The third kappa shape index (κ3) is 8.58. The standard InChI is InChI=1S/C44H74O19/c1-18(16-57-39-37(55)34(52)32(50)28(14-45)60-39)7-10-44(56)19(2)30-27(63-44)12-23-21-6-5-20-11-26(24(47)13-43(20,4)22(21)8-9-42(23,30)3)59-41-38(35(53)33(51)29(15-46)61-41)62-40-36(54)31(49)25(48)17-58-40/h18-41,45-56H,5-17H2,1-4H3/t18-,19+,20+,21-,22+,23+,24-,25-,26-,27+,28-,29-,30+,31+,32-,33-,34+,35+,36-,37-,38-,39-,40+,41-,42+,43+,44?/m1/s1. The first-order chi connectivity index (χ1) is 29.8. The molecule has 4 saturated carbocycles. The topological polar surface area (TPSA) is 307 Å². The summed E-state index contributed by atoms with van der Waals surface area (Å²) in [5.74, 6) is -0.0512. The Morgan fingerprint density at radius 3 is 2.06 bits per heavy atom. The molecule has 4 saturated heterocycles. The lowest BCUT2D eigenvalue weighted by molar-refractivity contribution is -0.367. The van der Waals surface area contributed by atoms with E-state index in [2.05, 4.69) is 20.8 Å². The molecule has 12 N–H and O–H groups in total. The van der Waals surface area contributed by atoms with E-state index in [-0.39, 0.29) is 53.8 Å². The average Bonchev–Trinajstić information content (AvgIpc) is 3.69. The molecule has 0 bridgehead atoms. The lowest BCUT2D eigenvalue weighted by Gasteiger charge is -2.62. The van der Waals surface area contributed by atoms with Crippen molar-refractivity contribution < 1.29 is 94.4 Å². The summed E-state index contributed by atoms with van der Waals surface area (Å²) >= 11 is 0. The molecule has 4 aliphatic carbocycles. The average molecular weight is 907 g/mol. The summed E-state index contributed by atoms with van der Waals surface area (Å²) in [7, 11) is 0. The molecule has 19 nitrogen and oxygen atoms in total. The number of rotatable bonds is 12. The molecule has 27 atom stereocenters. The van der Waals surface area contributed by atoms with E-state index in [1.165, 1.54) is 0 Å². The lowest BCUT2D eigenvalue weighted by atomic mass is 9.44. The van der Waals surface area contributed by atoms with Gasteiger partial charge in [0.25, 0.3) is 0 Å². The van der Waals surface area contributed by atoms with Crippen LogP contribution in [-0.4, -0.2) is 198 Å². The first-order valence-electron chi connectivity index (χ1n) is 23.4. The van der Waals surface area contributed by atoms with E-state index in [0.29, 0.717) is 43.4 Å². The van der Waals surface area contributed by atoms with Gasteiger partial charge in [-0.15, -0.1) is 0 Å². The van der Waals surface area contributed by atoms with Gasteiger partial charge in [0.15, 0.2) is 24.7 Å². The number of hydrogen-bond acceptors (Lipinski definition) is 19. The number of fused-ring (bicyclic) bond motifs is 7. The molecule has 19 heteroatoms. The van der Waals surface area contributed by atoms with Crippen LogP contribution in [0.4, 0.5) is 0 Å². The summed E-state index contributed by atoms with van der Waals surface area (Å²) in [5, 5.41) is 126. The Hall–Kier alpha value is -0.760. The summed E-state index contributed by atoms with van der Waals surface area (Å²) < 4.78 is 41.5. The van der Waals surface area contributed by atoms with E-state index >= 15 is 0 Å². The fraction of sp³-hybridized carbons (Fsp3) is 1.00. The second kappa shape index (κ2) is 18.6. The van der Waals surface area contributed by atoms with E-state index < -0.39 is 117 Å². The molecule has 0 radical (unpaired) electrons. The molecule has 0 amide bonds. The molecule has 0 aromatic heterocycles. The van der Waals surface area contributed by atoms with Crippen molar-refractivity contribution in [3.8, 4) is 0 Å². The molecule has 63 heavy (non-hydrogen) atoms. The highest BCUT2D eigenvalue weighted by atomic mass is 16.8. The van der Waals surface area contributed by atoms with Crippen molar-refractivity contribution in [2.75, 3.05) is 26.4 Å². The molecular formula is C44H74O19. The van der Waals surface area contributed by atoms with Gasteiger partial charge in [0, 0.05) is 12.3 Å². The minimum absolute atomic E-state index is 0.0541. The van der Waals surface area contributed by atoms with Gasteiger partial charge in [0.2, 0.25) is 0 Å². The van der Waals surface area contributed by atoms with Gasteiger partial charge in [0.05, 0.1) is 44.7 Å². The van der Waals surface area contributed by atoms with Gasteiger partial charge in [-0.3, -0.25) is 0 Å². The van der Waals surface area contributed by atoms with Crippen LogP contribution in [0.25, 0.3) is 0 Å². The highest BCUT2D eigenvalue weighted by Crippen LogP contribution is 2.71. The Bertz CT molecular complexity index is 1550. The van der Waals surface area contributed by atoms with Gasteiger partial charge >= 0.3 is 0 Å². The van der Waals surface area contributed by atoms with Gasteiger partial charge in [0.1, 0.15) is 67.1 Å². The van der Waals surface area contributed by atoms with Crippen molar-refractivity contribution in [1.29, 1.82) is 0 Å². The van der Waals surface area contributed by atoms with E-state index in [1.54, 1.807) is 0 Å². The van der Waals surface area contributed by atoms with Crippen molar-refractivity contribution in [2.24, 2.45) is 52.3 Å². The van der Waals surface area contributed by atoms with Gasteiger partial charge < -0.3 is 94.4 Å². The minimum atomic E-state index is -1.68. The van der Waals surface area contributed by atoms with Crippen LogP contribution in [0.15, 0.2) is 0 Å². The fourth-order valence-electron chi connectivity index (χ4n) is 13.9. The van der Waals surface area contributed by atoms with Crippen LogP contribution in [0.3, 0.4) is 0 Å². The Kier molecular flexibility index (Phi) is 14.4. The third-order valence-electron chi connectivity index (χ3n) is 17.6. The minimum Gasteiger partial charge on any atom is -0.394 e. The molecule has 0 aromatic carbocycles. The zero-order chi connectivity index (χ0) is 45.5. The summed E-state index contributed by atoms with van der Waals surface area (Å²) in [6.07, 6.45) is -15.3. The maximum atomic E-state index is 12.0. The predicted octanol–water partition coefficient (Wildman–Crippen LogP) is -2.17. The highest BCUT2D eigenvalue weighted by molar-refractivity contribution is 5.15. The largest absolute Gasteiger partial charge is 0.394 e. The molecule has 8 aliphatic rings. The van der Waals surface area contributed by atoms with Gasteiger partial charge in [-0.2, -0.15) is 0 Å². The second-order valence-electron chi connectivity index (χ2n) is 21.2. The number of hydrogen-bond donors (Lipinski definition) is 12. The Labute approximate surface area is 368 Å². The SMILES string of the molecule is C[C@H](CCC1(O)O[C@H]2C[C@H]3[C@@H]4CC[C@H]5C[C@@H](O[C@@H]6O[C@H](CO)[C@@H](O)[C@H](O)[C@H]6O[C@@H]6OC[C@@H](O)[C@H](O)[C@H]6O)[C@H](O)C[C@]5(C)[C@H]4CC[C@]3(C)[C@H]2[C@@H]1C)CO[C@@H]1O[C@H](CO)[C@@H](O)[C@H](O)[C@H]1O. The van der Waals surface area contributed by atoms with Crippen LogP contribution in [-0.2, 0) is 33.2 Å². The second-order valence-corrected chi connectivity index (χ2v) is 21.2. The molecule has 8 rings (SSSR count). The normalized spacial score (nSPS) is 56.3. The summed E-state index contributed by atoms with van der Waals surface area (Å²) in [6.45, 7) is 7.35. The Balaban J connectivity index is 0.880. The quantitative estimate of drug-likeness (QED) is 0.0928. The Morgan fingerprint density at radius 2 is 1.37 bits per heavy atom. The van der Waals surface area contributed by atoms with Gasteiger partial charge in [-0.25, -0.2) is 0 Å². The summed E-state index contributed by atoms with van der Waals surface area (Å²) in [4.78, 5) is 0. The molecule has 1 unspecified atom stereocenters.